The molecule has 0 aromatic heterocycles. The van der Waals surface area contributed by atoms with E-state index in [0.717, 1.165) is 19.3 Å². The van der Waals surface area contributed by atoms with Crippen molar-refractivity contribution in [2.45, 2.75) is 51.0 Å². The van der Waals surface area contributed by atoms with E-state index in [2.05, 4.69) is 5.32 Å². The number of carboxylic acids is 1. The first-order valence-electron chi connectivity index (χ1n) is 6.56. The molecule has 6 nitrogen and oxygen atoms in total. The van der Waals surface area contributed by atoms with Crippen LogP contribution in [0.25, 0.3) is 0 Å². The number of carbonyl (C=O) groups excluding carboxylic acids is 1. The second kappa shape index (κ2) is 6.36. The summed E-state index contributed by atoms with van der Waals surface area (Å²) >= 11 is 0. The Bertz CT molecular complexity index is 437. The Labute approximate surface area is 113 Å². The van der Waals surface area contributed by atoms with Crippen molar-refractivity contribution < 1.29 is 23.1 Å². The number of sulfone groups is 1. The van der Waals surface area contributed by atoms with Crippen molar-refractivity contribution in [2.24, 2.45) is 0 Å². The lowest BCUT2D eigenvalue weighted by Gasteiger charge is -2.33. The fourth-order valence-corrected chi connectivity index (χ4v) is 3.67. The maximum absolute atomic E-state index is 11.8. The van der Waals surface area contributed by atoms with Gasteiger partial charge >= 0.3 is 5.97 Å². The van der Waals surface area contributed by atoms with E-state index in [4.69, 9.17) is 0 Å². The first-order chi connectivity index (χ1) is 8.81. The van der Waals surface area contributed by atoms with Gasteiger partial charge in [0.2, 0.25) is 5.91 Å². The van der Waals surface area contributed by atoms with Crippen LogP contribution in [0, 0.1) is 0 Å². The van der Waals surface area contributed by atoms with Crippen LogP contribution in [0.3, 0.4) is 0 Å². The number of rotatable bonds is 6. The van der Waals surface area contributed by atoms with E-state index in [-0.39, 0.29) is 5.75 Å². The predicted octanol–water partition coefficient (Wildman–Crippen LogP) is 0.715. The summed E-state index contributed by atoms with van der Waals surface area (Å²) in [6.45, 7) is 1.72. The van der Waals surface area contributed by atoms with Gasteiger partial charge in [-0.3, -0.25) is 4.79 Å². The van der Waals surface area contributed by atoms with Gasteiger partial charge < -0.3 is 10.4 Å². The lowest BCUT2D eigenvalue weighted by molar-refractivity contribution is -0.148. The zero-order valence-electron chi connectivity index (χ0n) is 11.1. The van der Waals surface area contributed by atoms with Crippen molar-refractivity contribution in [3.63, 3.8) is 0 Å². The van der Waals surface area contributed by atoms with Gasteiger partial charge in [0, 0.05) is 0 Å². The molecule has 0 radical (unpaired) electrons. The minimum atomic E-state index is -3.44. The van der Waals surface area contributed by atoms with Crippen LogP contribution < -0.4 is 5.32 Å². The average molecular weight is 291 g/mol. The van der Waals surface area contributed by atoms with E-state index in [1.807, 2.05) is 0 Å². The molecule has 0 heterocycles. The topological polar surface area (TPSA) is 101 Å². The van der Waals surface area contributed by atoms with E-state index in [1.54, 1.807) is 6.92 Å². The smallest absolute Gasteiger partial charge is 0.329 e. The van der Waals surface area contributed by atoms with E-state index >= 15 is 0 Å². The molecule has 0 spiro atoms. The number of carboxylic acid groups (broad SMARTS) is 1. The number of hydrogen-bond acceptors (Lipinski definition) is 4. The molecular formula is C12H21NO5S. The largest absolute Gasteiger partial charge is 0.480 e. The highest BCUT2D eigenvalue weighted by Gasteiger charge is 2.41. The van der Waals surface area contributed by atoms with E-state index in [9.17, 15) is 23.1 Å². The molecule has 1 amide bonds. The number of hydrogen-bond donors (Lipinski definition) is 2. The Kier molecular flexibility index (Phi) is 5.34. The van der Waals surface area contributed by atoms with Crippen molar-refractivity contribution in [3.8, 4) is 0 Å². The second-order valence-corrected chi connectivity index (χ2v) is 7.27. The van der Waals surface area contributed by atoms with Crippen LogP contribution in [0.2, 0.25) is 0 Å². The zero-order chi connectivity index (χ0) is 14.5. The summed E-state index contributed by atoms with van der Waals surface area (Å²) in [5.74, 6) is -2.47. The van der Waals surface area contributed by atoms with Crippen molar-refractivity contribution >= 4 is 21.7 Å². The minimum absolute atomic E-state index is 0.0551. The summed E-state index contributed by atoms with van der Waals surface area (Å²) in [6.07, 6.45) is 3.57. The Morgan fingerprint density at radius 1 is 1.21 bits per heavy atom. The third-order valence-electron chi connectivity index (χ3n) is 3.36. The summed E-state index contributed by atoms with van der Waals surface area (Å²) in [5, 5.41) is 11.7. The lowest BCUT2D eigenvalue weighted by Crippen LogP contribution is -2.56. The van der Waals surface area contributed by atoms with Crippen LogP contribution in [0.4, 0.5) is 0 Å². The molecule has 1 saturated carbocycles. The summed E-state index contributed by atoms with van der Waals surface area (Å²) in [7, 11) is -3.44. The van der Waals surface area contributed by atoms with Crippen molar-refractivity contribution in [1.82, 2.24) is 5.32 Å². The molecule has 0 bridgehead atoms. The normalized spacial score (nSPS) is 18.8. The molecule has 0 saturated heterocycles. The predicted molar refractivity (Wildman–Crippen MR) is 70.5 cm³/mol. The third kappa shape index (κ3) is 4.49. The molecule has 0 aliphatic heterocycles. The molecule has 1 rings (SSSR count). The van der Waals surface area contributed by atoms with Crippen molar-refractivity contribution in [2.75, 3.05) is 11.5 Å². The lowest BCUT2D eigenvalue weighted by atomic mass is 9.81. The minimum Gasteiger partial charge on any atom is -0.480 e. The molecule has 0 unspecified atom stereocenters. The maximum atomic E-state index is 11.8. The van der Waals surface area contributed by atoms with E-state index in [1.165, 1.54) is 0 Å². The SMILES string of the molecule is CCCS(=O)(=O)CC(=O)NC1(C(=O)O)CCCCC1. The van der Waals surface area contributed by atoms with Gasteiger partial charge in [-0.1, -0.05) is 26.2 Å². The number of carbonyl (C=O) groups is 2. The highest BCUT2D eigenvalue weighted by molar-refractivity contribution is 7.92. The third-order valence-corrected chi connectivity index (χ3v) is 5.09. The van der Waals surface area contributed by atoms with Gasteiger partial charge in [0.15, 0.2) is 9.84 Å². The van der Waals surface area contributed by atoms with Gasteiger partial charge in [-0.05, 0) is 19.3 Å². The molecule has 1 aliphatic rings. The highest BCUT2D eigenvalue weighted by atomic mass is 32.2. The summed E-state index contributed by atoms with van der Waals surface area (Å²) < 4.78 is 23.1. The molecular weight excluding hydrogens is 270 g/mol. The molecule has 0 atom stereocenters. The van der Waals surface area contributed by atoms with Crippen molar-refractivity contribution in [3.05, 3.63) is 0 Å². The van der Waals surface area contributed by atoms with E-state index in [0.29, 0.717) is 19.3 Å². The molecule has 110 valence electrons. The van der Waals surface area contributed by atoms with Crippen LogP contribution in [0.15, 0.2) is 0 Å². The molecule has 2 N–H and O–H groups in total. The zero-order valence-corrected chi connectivity index (χ0v) is 12.0. The number of amides is 1. The number of nitrogens with one attached hydrogen (secondary N) is 1. The van der Waals surface area contributed by atoms with Crippen LogP contribution in [0.5, 0.6) is 0 Å². The maximum Gasteiger partial charge on any atom is 0.329 e. The summed E-state index contributed by atoms with van der Waals surface area (Å²) in [4.78, 5) is 23.1. The molecule has 7 heteroatoms. The fraction of sp³-hybridized carbons (Fsp3) is 0.833. The Morgan fingerprint density at radius 3 is 2.26 bits per heavy atom. The molecule has 1 fully saturated rings. The fourth-order valence-electron chi connectivity index (χ4n) is 2.43. The first-order valence-corrected chi connectivity index (χ1v) is 8.38. The quantitative estimate of drug-likeness (QED) is 0.751. The Hall–Kier alpha value is -1.11. The monoisotopic (exact) mass is 291 g/mol. The molecule has 1 aliphatic carbocycles. The van der Waals surface area contributed by atoms with Gasteiger partial charge in [-0.25, -0.2) is 13.2 Å². The molecule has 19 heavy (non-hydrogen) atoms. The van der Waals surface area contributed by atoms with Crippen LogP contribution in [0.1, 0.15) is 45.4 Å². The second-order valence-electron chi connectivity index (χ2n) is 5.09. The van der Waals surface area contributed by atoms with Gasteiger partial charge in [0.1, 0.15) is 11.3 Å². The standard InChI is InChI=1S/C12H21NO5S/c1-2-8-19(17,18)9-10(14)13-12(11(15)16)6-4-3-5-7-12/h2-9H2,1H3,(H,13,14)(H,15,16). The Morgan fingerprint density at radius 2 is 1.79 bits per heavy atom. The van der Waals surface area contributed by atoms with Gasteiger partial charge in [0.25, 0.3) is 0 Å². The summed E-state index contributed by atoms with van der Waals surface area (Å²) in [6, 6.07) is 0. The van der Waals surface area contributed by atoms with Gasteiger partial charge in [-0.15, -0.1) is 0 Å². The molecule has 0 aromatic rings. The van der Waals surface area contributed by atoms with Crippen LogP contribution in [-0.2, 0) is 19.4 Å². The summed E-state index contributed by atoms with van der Waals surface area (Å²) in [5.41, 5.74) is -1.28. The van der Waals surface area contributed by atoms with Gasteiger partial charge in [-0.2, -0.15) is 0 Å². The van der Waals surface area contributed by atoms with Crippen LogP contribution >= 0.6 is 0 Å². The highest BCUT2D eigenvalue weighted by Crippen LogP contribution is 2.28. The van der Waals surface area contributed by atoms with Gasteiger partial charge in [0.05, 0.1) is 5.75 Å². The first kappa shape index (κ1) is 15.9. The number of aliphatic carboxylic acids is 1. The van der Waals surface area contributed by atoms with Crippen LogP contribution in [-0.4, -0.2) is 42.4 Å². The Balaban J connectivity index is 2.70. The average Bonchev–Trinajstić information content (AvgIpc) is 2.28. The van der Waals surface area contributed by atoms with Crippen molar-refractivity contribution in [1.29, 1.82) is 0 Å². The van der Waals surface area contributed by atoms with E-state index < -0.39 is 33.0 Å². The molecule has 0 aromatic carbocycles.